The van der Waals surface area contributed by atoms with Crippen molar-refractivity contribution < 1.29 is 19.4 Å². The number of anilines is 1. The monoisotopic (exact) mass is 420 g/mol. The Morgan fingerprint density at radius 3 is 2.45 bits per heavy atom. The first-order chi connectivity index (χ1) is 15.2. The molecule has 0 aromatic heterocycles. The van der Waals surface area contributed by atoms with Gasteiger partial charge < -0.3 is 19.6 Å². The van der Waals surface area contributed by atoms with Gasteiger partial charge >= 0.3 is 0 Å². The predicted molar refractivity (Wildman–Crippen MR) is 117 cm³/mol. The standard InChI is InChI=1S/C25H28N2O4/c28-16-22-24-19-8-4-5-9-20(19)26(25(30)18-10-12-31-13-11-18)15-21(24)27(22)23(29)14-17-6-2-1-3-7-17/h1-9,18,21-22,24,28H,10-16H2/t21-,22+,24+/m1/s1. The van der Waals surface area contributed by atoms with Crippen LogP contribution in [0.2, 0.25) is 0 Å². The third-order valence-corrected chi connectivity index (χ3v) is 7.01. The molecule has 2 aromatic carbocycles. The average Bonchev–Trinajstić information content (AvgIpc) is 2.80. The number of amides is 2. The Morgan fingerprint density at radius 1 is 1.00 bits per heavy atom. The van der Waals surface area contributed by atoms with Crippen molar-refractivity contribution in [2.24, 2.45) is 5.92 Å². The molecule has 3 aliphatic rings. The molecule has 1 N–H and O–H groups in total. The molecule has 2 fully saturated rings. The van der Waals surface area contributed by atoms with Crippen LogP contribution in [0.15, 0.2) is 54.6 Å². The van der Waals surface area contributed by atoms with Crippen molar-refractivity contribution in [2.75, 3.05) is 31.3 Å². The number of hydrogen-bond acceptors (Lipinski definition) is 4. The Bertz CT molecular complexity index is 957. The highest BCUT2D eigenvalue weighted by atomic mass is 16.5. The van der Waals surface area contributed by atoms with Crippen molar-refractivity contribution in [3.05, 3.63) is 65.7 Å². The summed E-state index contributed by atoms with van der Waals surface area (Å²) < 4.78 is 5.44. The zero-order valence-corrected chi connectivity index (χ0v) is 17.5. The largest absolute Gasteiger partial charge is 0.394 e. The minimum Gasteiger partial charge on any atom is -0.394 e. The van der Waals surface area contributed by atoms with Gasteiger partial charge in [0, 0.05) is 37.3 Å². The molecule has 0 bridgehead atoms. The number of rotatable bonds is 4. The molecule has 6 heteroatoms. The molecule has 0 saturated carbocycles. The summed E-state index contributed by atoms with van der Waals surface area (Å²) >= 11 is 0. The molecule has 2 aromatic rings. The first-order valence-corrected chi connectivity index (χ1v) is 11.1. The second-order valence-corrected chi connectivity index (χ2v) is 8.70. The Balaban J connectivity index is 1.43. The van der Waals surface area contributed by atoms with Crippen LogP contribution in [0, 0.1) is 5.92 Å². The van der Waals surface area contributed by atoms with Gasteiger partial charge in [0.05, 0.1) is 25.1 Å². The molecular weight excluding hydrogens is 392 g/mol. The number of nitrogens with zero attached hydrogens (tertiary/aromatic N) is 2. The van der Waals surface area contributed by atoms with Gasteiger partial charge in [-0.25, -0.2) is 0 Å². The van der Waals surface area contributed by atoms with E-state index in [9.17, 15) is 14.7 Å². The lowest BCUT2D eigenvalue weighted by Crippen LogP contribution is -2.71. The lowest BCUT2D eigenvalue weighted by molar-refractivity contribution is -0.150. The van der Waals surface area contributed by atoms with Crippen molar-refractivity contribution in [1.29, 1.82) is 0 Å². The quantitative estimate of drug-likeness (QED) is 0.825. The van der Waals surface area contributed by atoms with Gasteiger partial charge in [0.15, 0.2) is 0 Å². The van der Waals surface area contributed by atoms with Crippen molar-refractivity contribution in [3.8, 4) is 0 Å². The lowest BCUT2D eigenvalue weighted by Gasteiger charge is -2.59. The normalized spacial score (nSPS) is 25.4. The minimum absolute atomic E-state index is 0.00402. The third kappa shape index (κ3) is 3.54. The van der Waals surface area contributed by atoms with Crippen molar-refractivity contribution in [2.45, 2.75) is 37.3 Å². The van der Waals surface area contributed by atoms with E-state index in [0.29, 0.717) is 26.2 Å². The molecular formula is C25H28N2O4. The molecule has 3 heterocycles. The SMILES string of the molecule is O=C(C1CCOCC1)N1C[C@@H]2[C@H](c3ccccc31)[C@H](CO)N2C(=O)Cc1ccccc1. The van der Waals surface area contributed by atoms with Crippen molar-refractivity contribution >= 4 is 17.5 Å². The van der Waals surface area contributed by atoms with Gasteiger partial charge in [-0.3, -0.25) is 9.59 Å². The molecule has 5 rings (SSSR count). The molecule has 3 atom stereocenters. The molecule has 0 spiro atoms. The summed E-state index contributed by atoms with van der Waals surface area (Å²) in [6.07, 6.45) is 1.78. The van der Waals surface area contributed by atoms with E-state index in [1.165, 1.54) is 0 Å². The van der Waals surface area contributed by atoms with Crippen LogP contribution in [-0.4, -0.2) is 60.3 Å². The van der Waals surface area contributed by atoms with Gasteiger partial charge in [0.25, 0.3) is 0 Å². The number of aliphatic hydroxyl groups excluding tert-OH is 1. The van der Waals surface area contributed by atoms with Crippen LogP contribution in [-0.2, 0) is 20.7 Å². The zero-order chi connectivity index (χ0) is 21.4. The number of fused-ring (bicyclic) bond motifs is 3. The minimum atomic E-state index is -0.248. The molecule has 162 valence electrons. The topological polar surface area (TPSA) is 70.1 Å². The summed E-state index contributed by atoms with van der Waals surface area (Å²) in [6, 6.07) is 17.3. The number of para-hydroxylation sites is 1. The fourth-order valence-electron chi connectivity index (χ4n) is 5.47. The van der Waals surface area contributed by atoms with E-state index in [1.54, 1.807) is 0 Å². The van der Waals surface area contributed by atoms with Crippen molar-refractivity contribution in [1.82, 2.24) is 4.90 Å². The number of carbonyl (C=O) groups excluding carboxylic acids is 2. The van der Waals surface area contributed by atoms with Crippen LogP contribution in [0.3, 0.4) is 0 Å². The summed E-state index contributed by atoms with van der Waals surface area (Å²) in [7, 11) is 0. The Hall–Kier alpha value is -2.70. The second-order valence-electron chi connectivity index (χ2n) is 8.70. The van der Waals surface area contributed by atoms with Gasteiger partial charge in [0.1, 0.15) is 0 Å². The molecule has 6 nitrogen and oxygen atoms in total. The molecule has 2 saturated heterocycles. The molecule has 3 aliphatic heterocycles. The fourth-order valence-corrected chi connectivity index (χ4v) is 5.47. The molecule has 0 unspecified atom stereocenters. The van der Waals surface area contributed by atoms with Gasteiger partial charge in [0.2, 0.25) is 11.8 Å². The highest BCUT2D eigenvalue weighted by Gasteiger charge is 2.55. The van der Waals surface area contributed by atoms with E-state index in [-0.39, 0.29) is 42.3 Å². The summed E-state index contributed by atoms with van der Waals surface area (Å²) in [5.41, 5.74) is 2.94. The highest BCUT2D eigenvalue weighted by molar-refractivity contribution is 5.97. The zero-order valence-electron chi connectivity index (χ0n) is 17.5. The van der Waals surface area contributed by atoms with Crippen LogP contribution in [0.5, 0.6) is 0 Å². The molecule has 0 aliphatic carbocycles. The van der Waals surface area contributed by atoms with Crippen molar-refractivity contribution in [3.63, 3.8) is 0 Å². The van der Waals surface area contributed by atoms with E-state index in [2.05, 4.69) is 0 Å². The average molecular weight is 421 g/mol. The molecule has 0 radical (unpaired) electrons. The second kappa shape index (κ2) is 8.44. The maximum Gasteiger partial charge on any atom is 0.230 e. The van der Waals surface area contributed by atoms with E-state index >= 15 is 0 Å². The van der Waals surface area contributed by atoms with Crippen LogP contribution in [0.4, 0.5) is 5.69 Å². The summed E-state index contributed by atoms with van der Waals surface area (Å²) in [5, 5.41) is 10.1. The van der Waals surface area contributed by atoms with E-state index in [0.717, 1.165) is 29.7 Å². The number of hydrogen-bond donors (Lipinski definition) is 1. The predicted octanol–water partition coefficient (Wildman–Crippen LogP) is 2.36. The van der Waals surface area contributed by atoms with Crippen LogP contribution in [0.25, 0.3) is 0 Å². The van der Waals surface area contributed by atoms with Crippen LogP contribution < -0.4 is 4.90 Å². The number of carbonyl (C=O) groups is 2. The Morgan fingerprint density at radius 2 is 1.71 bits per heavy atom. The fraction of sp³-hybridized carbons (Fsp3) is 0.440. The number of likely N-dealkylation sites (tertiary alicyclic amines) is 1. The van der Waals surface area contributed by atoms with E-state index in [1.807, 2.05) is 64.4 Å². The smallest absolute Gasteiger partial charge is 0.230 e. The summed E-state index contributed by atoms with van der Waals surface area (Å²) in [6.45, 7) is 1.64. The molecule has 31 heavy (non-hydrogen) atoms. The van der Waals surface area contributed by atoms with Gasteiger partial charge in [-0.1, -0.05) is 48.5 Å². The first-order valence-electron chi connectivity index (χ1n) is 11.1. The highest BCUT2D eigenvalue weighted by Crippen LogP contribution is 2.48. The van der Waals surface area contributed by atoms with E-state index < -0.39 is 0 Å². The first kappa shape index (κ1) is 20.2. The maximum atomic E-state index is 13.4. The van der Waals surface area contributed by atoms with Crippen LogP contribution in [0.1, 0.15) is 29.9 Å². The Labute approximate surface area is 182 Å². The van der Waals surface area contributed by atoms with Crippen LogP contribution >= 0.6 is 0 Å². The maximum absolute atomic E-state index is 13.4. The van der Waals surface area contributed by atoms with Gasteiger partial charge in [-0.05, 0) is 30.0 Å². The number of benzene rings is 2. The Kier molecular flexibility index (Phi) is 5.50. The lowest BCUT2D eigenvalue weighted by atomic mass is 9.71. The van der Waals surface area contributed by atoms with Gasteiger partial charge in [-0.15, -0.1) is 0 Å². The summed E-state index contributed by atoms with van der Waals surface area (Å²) in [4.78, 5) is 30.3. The van der Waals surface area contributed by atoms with Gasteiger partial charge in [-0.2, -0.15) is 0 Å². The third-order valence-electron chi connectivity index (χ3n) is 7.01. The molecule has 2 amide bonds. The number of ether oxygens (including phenoxy) is 1. The summed E-state index contributed by atoms with van der Waals surface area (Å²) in [5.74, 6) is 0.140. The number of aliphatic hydroxyl groups is 1. The van der Waals surface area contributed by atoms with E-state index in [4.69, 9.17) is 4.74 Å².